The van der Waals surface area contributed by atoms with Gasteiger partial charge in [0.2, 0.25) is 5.91 Å². The molecule has 0 unspecified atom stereocenters. The summed E-state index contributed by atoms with van der Waals surface area (Å²) in [5.41, 5.74) is 0.544. The van der Waals surface area contributed by atoms with Crippen molar-refractivity contribution < 1.29 is 14.3 Å². The number of carbonyl (C=O) groups is 2. The molecule has 0 saturated heterocycles. The average Bonchev–Trinajstić information content (AvgIpc) is 2.31. The van der Waals surface area contributed by atoms with Gasteiger partial charge in [0.25, 0.3) is 0 Å². The van der Waals surface area contributed by atoms with Crippen LogP contribution in [0.25, 0.3) is 0 Å². The van der Waals surface area contributed by atoms with Crippen LogP contribution in [0.15, 0.2) is 21.1 Å². The molecule has 6 heteroatoms. The highest BCUT2D eigenvalue weighted by atomic mass is 79.9. The monoisotopic (exact) mass is 363 g/mol. The highest BCUT2D eigenvalue weighted by Gasteiger charge is 2.09. The Morgan fingerprint density at radius 3 is 2.47 bits per heavy atom. The Bertz CT molecular complexity index is 412. The fourth-order valence-corrected chi connectivity index (χ4v) is 2.61. The molecule has 1 aromatic rings. The summed E-state index contributed by atoms with van der Waals surface area (Å²) in [7, 11) is 1.58. The van der Waals surface area contributed by atoms with Gasteiger partial charge in [-0.25, -0.2) is 0 Å². The van der Waals surface area contributed by atoms with Crippen LogP contribution in [0.2, 0.25) is 0 Å². The molecule has 0 saturated carbocycles. The molecular formula is C11H11Br2NO3. The van der Waals surface area contributed by atoms with Crippen molar-refractivity contribution in [2.45, 2.75) is 6.42 Å². The molecule has 1 aromatic carbocycles. The van der Waals surface area contributed by atoms with E-state index < -0.39 is 0 Å². The van der Waals surface area contributed by atoms with Crippen LogP contribution in [0.1, 0.15) is 16.8 Å². The zero-order valence-corrected chi connectivity index (χ0v) is 12.3. The van der Waals surface area contributed by atoms with Crippen LogP contribution >= 0.6 is 31.9 Å². The van der Waals surface area contributed by atoms with Crippen LogP contribution in [0.4, 0.5) is 0 Å². The SMILES string of the molecule is CNC(=O)CCOc1c(Br)cc(C=O)cc1Br. The number of halogens is 2. The summed E-state index contributed by atoms with van der Waals surface area (Å²) in [6.07, 6.45) is 1.04. The second-order valence-corrected chi connectivity index (χ2v) is 4.91. The summed E-state index contributed by atoms with van der Waals surface area (Å²) in [5.74, 6) is 0.501. The number of hydrogen-bond acceptors (Lipinski definition) is 3. The number of benzene rings is 1. The molecule has 1 N–H and O–H groups in total. The van der Waals surface area contributed by atoms with Crippen LogP contribution in [-0.2, 0) is 4.79 Å². The first-order valence-corrected chi connectivity index (χ1v) is 6.44. The van der Waals surface area contributed by atoms with Gasteiger partial charge in [0.15, 0.2) is 0 Å². The Balaban J connectivity index is 2.71. The van der Waals surface area contributed by atoms with Crippen molar-refractivity contribution in [3.05, 3.63) is 26.6 Å². The van der Waals surface area contributed by atoms with Crippen LogP contribution in [0, 0.1) is 0 Å². The highest BCUT2D eigenvalue weighted by Crippen LogP contribution is 2.34. The lowest BCUT2D eigenvalue weighted by Crippen LogP contribution is -2.20. The Hall–Kier alpha value is -0.880. The van der Waals surface area contributed by atoms with Crippen LogP contribution in [0.3, 0.4) is 0 Å². The molecular weight excluding hydrogens is 354 g/mol. The maximum Gasteiger partial charge on any atom is 0.223 e. The van der Waals surface area contributed by atoms with Crippen molar-refractivity contribution in [3.63, 3.8) is 0 Å². The molecule has 1 rings (SSSR count). The first-order chi connectivity index (χ1) is 8.08. The number of rotatable bonds is 5. The lowest BCUT2D eigenvalue weighted by Gasteiger charge is -2.10. The van der Waals surface area contributed by atoms with E-state index in [1.807, 2.05) is 0 Å². The maximum atomic E-state index is 11.0. The summed E-state index contributed by atoms with van der Waals surface area (Å²) in [6, 6.07) is 3.32. The first-order valence-electron chi connectivity index (χ1n) is 4.86. The van der Waals surface area contributed by atoms with Gasteiger partial charge < -0.3 is 10.1 Å². The van der Waals surface area contributed by atoms with Gasteiger partial charge in [0.05, 0.1) is 22.0 Å². The van der Waals surface area contributed by atoms with Gasteiger partial charge in [-0.05, 0) is 44.0 Å². The number of carbonyl (C=O) groups excluding carboxylic acids is 2. The number of ether oxygens (including phenoxy) is 1. The second kappa shape index (κ2) is 6.76. The minimum atomic E-state index is -0.0817. The lowest BCUT2D eigenvalue weighted by molar-refractivity contribution is -0.121. The fraction of sp³-hybridized carbons (Fsp3) is 0.273. The summed E-state index contributed by atoms with van der Waals surface area (Å²) in [4.78, 5) is 21.6. The van der Waals surface area contributed by atoms with Crippen molar-refractivity contribution in [2.24, 2.45) is 0 Å². The minimum absolute atomic E-state index is 0.0817. The van der Waals surface area contributed by atoms with Crippen molar-refractivity contribution in [1.82, 2.24) is 5.32 Å². The first kappa shape index (κ1) is 14.2. The second-order valence-electron chi connectivity index (χ2n) is 3.20. The molecule has 0 aromatic heterocycles. The topological polar surface area (TPSA) is 55.4 Å². The lowest BCUT2D eigenvalue weighted by atomic mass is 10.2. The van der Waals surface area contributed by atoms with Gasteiger partial charge in [0, 0.05) is 12.6 Å². The molecule has 0 spiro atoms. The Labute approximate surface area is 116 Å². The third-order valence-corrected chi connectivity index (χ3v) is 3.19. The third-order valence-electron chi connectivity index (χ3n) is 2.01. The molecule has 1 amide bonds. The molecule has 0 heterocycles. The van der Waals surface area contributed by atoms with E-state index in [0.29, 0.717) is 20.3 Å². The molecule has 0 aliphatic heterocycles. The zero-order chi connectivity index (χ0) is 12.8. The Morgan fingerprint density at radius 2 is 2.00 bits per heavy atom. The van der Waals surface area contributed by atoms with Gasteiger partial charge in [-0.1, -0.05) is 0 Å². The molecule has 0 aliphatic rings. The van der Waals surface area contributed by atoms with Gasteiger partial charge in [-0.3, -0.25) is 9.59 Å². The molecule has 0 atom stereocenters. The molecule has 4 nitrogen and oxygen atoms in total. The van der Waals surface area contributed by atoms with E-state index in [1.54, 1.807) is 19.2 Å². The summed E-state index contributed by atoms with van der Waals surface area (Å²) >= 11 is 6.62. The summed E-state index contributed by atoms with van der Waals surface area (Å²) in [5, 5.41) is 2.51. The van der Waals surface area contributed by atoms with Gasteiger partial charge in [-0.2, -0.15) is 0 Å². The van der Waals surface area contributed by atoms with Crippen LogP contribution in [0.5, 0.6) is 5.75 Å². The number of hydrogen-bond donors (Lipinski definition) is 1. The molecule has 17 heavy (non-hydrogen) atoms. The minimum Gasteiger partial charge on any atom is -0.491 e. The van der Waals surface area contributed by atoms with Crippen molar-refractivity contribution in [2.75, 3.05) is 13.7 Å². The van der Waals surface area contributed by atoms with Crippen LogP contribution in [-0.4, -0.2) is 25.8 Å². The van der Waals surface area contributed by atoms with Gasteiger partial charge >= 0.3 is 0 Å². The third kappa shape index (κ3) is 4.12. The Morgan fingerprint density at radius 1 is 1.41 bits per heavy atom. The van der Waals surface area contributed by atoms with E-state index >= 15 is 0 Å². The molecule has 0 fully saturated rings. The van der Waals surface area contributed by atoms with Crippen molar-refractivity contribution >= 4 is 44.1 Å². The highest BCUT2D eigenvalue weighted by molar-refractivity contribution is 9.11. The van der Waals surface area contributed by atoms with E-state index in [1.165, 1.54) is 0 Å². The smallest absolute Gasteiger partial charge is 0.223 e. The maximum absolute atomic E-state index is 11.0. The quantitative estimate of drug-likeness (QED) is 0.817. The molecule has 0 bridgehead atoms. The van der Waals surface area contributed by atoms with Crippen LogP contribution < -0.4 is 10.1 Å². The summed E-state index contributed by atoms with van der Waals surface area (Å²) < 4.78 is 6.81. The van der Waals surface area contributed by atoms with E-state index in [2.05, 4.69) is 37.2 Å². The van der Waals surface area contributed by atoms with Gasteiger partial charge in [0.1, 0.15) is 12.0 Å². The molecule has 0 aliphatic carbocycles. The van der Waals surface area contributed by atoms with Crippen molar-refractivity contribution in [1.29, 1.82) is 0 Å². The number of nitrogens with one attached hydrogen (secondary N) is 1. The van der Waals surface area contributed by atoms with E-state index in [4.69, 9.17) is 4.74 Å². The summed E-state index contributed by atoms with van der Waals surface area (Å²) in [6.45, 7) is 0.275. The predicted octanol–water partition coefficient (Wildman–Crippen LogP) is 2.54. The Kier molecular flexibility index (Phi) is 5.64. The average molecular weight is 365 g/mol. The molecule has 0 radical (unpaired) electrons. The number of amides is 1. The van der Waals surface area contributed by atoms with Crippen molar-refractivity contribution in [3.8, 4) is 5.75 Å². The standard InChI is InChI=1S/C11H11Br2NO3/c1-14-10(16)2-3-17-11-8(12)4-7(6-15)5-9(11)13/h4-6H,2-3H2,1H3,(H,14,16). The molecule has 92 valence electrons. The zero-order valence-electron chi connectivity index (χ0n) is 9.13. The van der Waals surface area contributed by atoms with E-state index in [9.17, 15) is 9.59 Å². The van der Waals surface area contributed by atoms with E-state index in [-0.39, 0.29) is 18.9 Å². The fourth-order valence-electron chi connectivity index (χ4n) is 1.16. The largest absolute Gasteiger partial charge is 0.491 e. The number of aldehydes is 1. The van der Waals surface area contributed by atoms with Gasteiger partial charge in [-0.15, -0.1) is 0 Å². The normalized spacial score (nSPS) is 9.82. The van der Waals surface area contributed by atoms with E-state index in [0.717, 1.165) is 6.29 Å². The predicted molar refractivity (Wildman–Crippen MR) is 71.4 cm³/mol.